The van der Waals surface area contributed by atoms with E-state index in [2.05, 4.69) is 79.7 Å². The van der Waals surface area contributed by atoms with E-state index in [1.54, 1.807) is 0 Å². The second-order valence-corrected chi connectivity index (χ2v) is 9.20. The molecule has 4 heteroatoms. The smallest absolute Gasteiger partial charge is 0.125 e. The van der Waals surface area contributed by atoms with Crippen molar-refractivity contribution in [1.82, 2.24) is 0 Å². The van der Waals surface area contributed by atoms with Crippen molar-refractivity contribution >= 4 is 0 Å². The molecule has 0 amide bonds. The third kappa shape index (κ3) is 4.91. The zero-order chi connectivity index (χ0) is 23.3. The predicted molar refractivity (Wildman–Crippen MR) is 127 cm³/mol. The molecule has 2 rings (SSSR count). The number of ether oxygens (including phenoxy) is 2. The number of benzene rings is 2. The van der Waals surface area contributed by atoms with Gasteiger partial charge in [-0.1, -0.05) is 52.0 Å². The largest absolute Gasteiger partial charge is 0.491 e. The highest BCUT2D eigenvalue weighted by Crippen LogP contribution is 2.48. The fourth-order valence-corrected chi connectivity index (χ4v) is 5.30. The Balaban J connectivity index is 2.73. The van der Waals surface area contributed by atoms with Gasteiger partial charge in [-0.25, -0.2) is 0 Å². The molecular weight excluding hydrogens is 388 g/mol. The van der Waals surface area contributed by atoms with E-state index in [1.165, 1.54) is 11.1 Å². The first-order valence-corrected chi connectivity index (χ1v) is 11.3. The molecule has 0 aromatic heterocycles. The quantitative estimate of drug-likeness (QED) is 0.542. The standard InChI is InChI=1S/C27H40O4/c1-17(2)27(18(3)4,23-13-19(5)25(20(6)14-23)30-11-9-28)24-15-21(7)26(22(8)16-24)31-12-10-29/h13-18,28-29H,9-12H2,1-8H3. The molecule has 0 saturated carbocycles. The first-order chi connectivity index (χ1) is 14.6. The molecule has 0 aliphatic heterocycles. The molecule has 2 N–H and O–H groups in total. The van der Waals surface area contributed by atoms with Crippen molar-refractivity contribution in [2.24, 2.45) is 11.8 Å². The molecule has 0 aliphatic carbocycles. The van der Waals surface area contributed by atoms with E-state index in [4.69, 9.17) is 19.7 Å². The van der Waals surface area contributed by atoms with E-state index in [9.17, 15) is 0 Å². The molecule has 0 heterocycles. The zero-order valence-electron chi connectivity index (χ0n) is 20.5. The third-order valence-electron chi connectivity index (χ3n) is 6.37. The minimum Gasteiger partial charge on any atom is -0.491 e. The predicted octanol–water partition coefficient (Wildman–Crippen LogP) is 5.26. The van der Waals surface area contributed by atoms with Crippen LogP contribution >= 0.6 is 0 Å². The highest BCUT2D eigenvalue weighted by atomic mass is 16.5. The van der Waals surface area contributed by atoms with Gasteiger partial charge in [0.15, 0.2) is 0 Å². The van der Waals surface area contributed by atoms with Gasteiger partial charge in [-0.3, -0.25) is 0 Å². The van der Waals surface area contributed by atoms with Crippen LogP contribution in [0.3, 0.4) is 0 Å². The van der Waals surface area contributed by atoms with Gasteiger partial charge in [0.1, 0.15) is 24.7 Å². The summed E-state index contributed by atoms with van der Waals surface area (Å²) in [5.74, 6) is 2.44. The van der Waals surface area contributed by atoms with Gasteiger partial charge in [0.05, 0.1) is 13.2 Å². The Hall–Kier alpha value is -2.04. The molecule has 172 valence electrons. The lowest BCUT2D eigenvalue weighted by Gasteiger charge is -2.44. The maximum absolute atomic E-state index is 9.17. The Bertz CT molecular complexity index is 763. The molecule has 0 spiro atoms. The van der Waals surface area contributed by atoms with Gasteiger partial charge in [0, 0.05) is 5.41 Å². The van der Waals surface area contributed by atoms with Crippen LogP contribution in [0, 0.1) is 39.5 Å². The van der Waals surface area contributed by atoms with Gasteiger partial charge in [-0.05, 0) is 72.9 Å². The Labute approximate surface area is 188 Å². The summed E-state index contributed by atoms with van der Waals surface area (Å²) in [4.78, 5) is 0. The number of aliphatic hydroxyl groups is 2. The minimum absolute atomic E-state index is 0.00577. The van der Waals surface area contributed by atoms with Gasteiger partial charge < -0.3 is 19.7 Å². The monoisotopic (exact) mass is 428 g/mol. The van der Waals surface area contributed by atoms with Crippen molar-refractivity contribution in [1.29, 1.82) is 0 Å². The maximum atomic E-state index is 9.17. The third-order valence-corrected chi connectivity index (χ3v) is 6.37. The summed E-state index contributed by atoms with van der Waals surface area (Å²) in [7, 11) is 0. The summed E-state index contributed by atoms with van der Waals surface area (Å²) < 4.78 is 11.6. The van der Waals surface area contributed by atoms with E-state index in [1.807, 2.05) is 0 Å². The summed E-state index contributed by atoms with van der Waals surface area (Å²) in [6, 6.07) is 9.00. The Morgan fingerprint density at radius 1 is 0.645 bits per heavy atom. The van der Waals surface area contributed by atoms with Gasteiger partial charge in [-0.2, -0.15) is 0 Å². The van der Waals surface area contributed by atoms with Gasteiger partial charge in [0.25, 0.3) is 0 Å². The topological polar surface area (TPSA) is 58.9 Å². The average Bonchev–Trinajstić information content (AvgIpc) is 2.67. The van der Waals surface area contributed by atoms with E-state index >= 15 is 0 Å². The molecule has 0 aliphatic rings. The summed E-state index contributed by atoms with van der Waals surface area (Å²) in [5.41, 5.74) is 6.74. The summed E-state index contributed by atoms with van der Waals surface area (Å²) in [5, 5.41) is 18.3. The van der Waals surface area contributed by atoms with Crippen LogP contribution in [0.15, 0.2) is 24.3 Å². The highest BCUT2D eigenvalue weighted by Gasteiger charge is 2.41. The summed E-state index contributed by atoms with van der Waals surface area (Å²) in [6.45, 7) is 18.1. The molecule has 0 saturated heterocycles. The van der Waals surface area contributed by atoms with Gasteiger partial charge in [-0.15, -0.1) is 0 Å². The molecule has 2 aromatic rings. The van der Waals surface area contributed by atoms with Crippen LogP contribution in [0.25, 0.3) is 0 Å². The molecule has 0 unspecified atom stereocenters. The van der Waals surface area contributed by atoms with Crippen molar-refractivity contribution in [2.45, 2.75) is 60.8 Å². The Kier molecular flexibility index (Phi) is 8.56. The fourth-order valence-electron chi connectivity index (χ4n) is 5.30. The van der Waals surface area contributed by atoms with Crippen LogP contribution in [0.5, 0.6) is 11.5 Å². The minimum atomic E-state index is -0.184. The van der Waals surface area contributed by atoms with Crippen LogP contribution in [0.4, 0.5) is 0 Å². The molecule has 0 atom stereocenters. The Morgan fingerprint density at radius 2 is 0.935 bits per heavy atom. The average molecular weight is 429 g/mol. The van der Waals surface area contributed by atoms with E-state index in [0.29, 0.717) is 25.0 Å². The first-order valence-electron chi connectivity index (χ1n) is 11.3. The SMILES string of the molecule is Cc1cc(C(c2cc(C)c(OCCO)c(C)c2)(C(C)C)C(C)C)cc(C)c1OCCO. The van der Waals surface area contributed by atoms with Crippen molar-refractivity contribution in [3.63, 3.8) is 0 Å². The second kappa shape index (κ2) is 10.5. The van der Waals surface area contributed by atoms with Crippen LogP contribution in [0.2, 0.25) is 0 Å². The van der Waals surface area contributed by atoms with E-state index in [0.717, 1.165) is 33.8 Å². The molecule has 0 fully saturated rings. The van der Waals surface area contributed by atoms with Crippen LogP contribution < -0.4 is 9.47 Å². The number of rotatable bonds is 10. The molecule has 0 radical (unpaired) electrons. The van der Waals surface area contributed by atoms with Crippen molar-refractivity contribution in [2.75, 3.05) is 26.4 Å². The van der Waals surface area contributed by atoms with E-state index < -0.39 is 0 Å². The van der Waals surface area contributed by atoms with E-state index in [-0.39, 0.29) is 18.6 Å². The zero-order valence-corrected chi connectivity index (χ0v) is 20.5. The summed E-state index contributed by atoms with van der Waals surface area (Å²) in [6.07, 6.45) is 0. The highest BCUT2D eigenvalue weighted by molar-refractivity contribution is 5.53. The molecule has 2 aromatic carbocycles. The lowest BCUT2D eigenvalue weighted by molar-refractivity contribution is 0.199. The number of hydrogen-bond donors (Lipinski definition) is 2. The van der Waals surface area contributed by atoms with Crippen LogP contribution in [-0.4, -0.2) is 36.6 Å². The normalized spacial score (nSPS) is 12.0. The molecule has 0 bridgehead atoms. The Morgan fingerprint density at radius 3 is 1.16 bits per heavy atom. The molecule has 4 nitrogen and oxygen atoms in total. The molecule has 31 heavy (non-hydrogen) atoms. The first kappa shape index (κ1) is 25.2. The molecular formula is C27H40O4. The number of hydrogen-bond acceptors (Lipinski definition) is 4. The van der Waals surface area contributed by atoms with Crippen molar-refractivity contribution < 1.29 is 19.7 Å². The van der Waals surface area contributed by atoms with Gasteiger partial charge in [0.2, 0.25) is 0 Å². The van der Waals surface area contributed by atoms with Gasteiger partial charge >= 0.3 is 0 Å². The van der Waals surface area contributed by atoms with Crippen molar-refractivity contribution in [3.8, 4) is 11.5 Å². The van der Waals surface area contributed by atoms with Crippen LogP contribution in [0.1, 0.15) is 61.1 Å². The maximum Gasteiger partial charge on any atom is 0.125 e. The van der Waals surface area contributed by atoms with Crippen LogP contribution in [-0.2, 0) is 5.41 Å². The summed E-state index contributed by atoms with van der Waals surface area (Å²) >= 11 is 0. The fraction of sp³-hybridized carbons (Fsp3) is 0.556. The lowest BCUT2D eigenvalue weighted by Crippen LogP contribution is -2.39. The second-order valence-electron chi connectivity index (χ2n) is 9.20. The van der Waals surface area contributed by atoms with Crippen molar-refractivity contribution in [3.05, 3.63) is 57.6 Å². The number of aryl methyl sites for hydroxylation is 4. The number of aliphatic hydroxyl groups excluding tert-OH is 2. The lowest BCUT2D eigenvalue weighted by atomic mass is 9.60.